The van der Waals surface area contributed by atoms with E-state index in [2.05, 4.69) is 12.1 Å². The van der Waals surface area contributed by atoms with E-state index in [-0.39, 0.29) is 24.3 Å². The van der Waals surface area contributed by atoms with Gasteiger partial charge in [-0.05, 0) is 30.0 Å². The molecule has 28 heavy (non-hydrogen) atoms. The van der Waals surface area contributed by atoms with E-state index in [0.29, 0.717) is 37.8 Å². The molecule has 0 unspecified atom stereocenters. The van der Waals surface area contributed by atoms with E-state index < -0.39 is 5.82 Å². The second kappa shape index (κ2) is 8.00. The van der Waals surface area contributed by atoms with Crippen LogP contribution in [0.3, 0.4) is 0 Å². The van der Waals surface area contributed by atoms with Crippen LogP contribution in [0.15, 0.2) is 54.6 Å². The van der Waals surface area contributed by atoms with Crippen LogP contribution in [0, 0.1) is 11.7 Å². The summed E-state index contributed by atoms with van der Waals surface area (Å²) < 4.78 is 18.5. The van der Waals surface area contributed by atoms with E-state index in [1.165, 1.54) is 17.7 Å². The van der Waals surface area contributed by atoms with Crippen LogP contribution < -0.4 is 4.74 Å². The maximum absolute atomic E-state index is 13.2. The summed E-state index contributed by atoms with van der Waals surface area (Å²) in [6.45, 7) is 1.96. The van der Waals surface area contributed by atoms with Crippen molar-refractivity contribution < 1.29 is 18.7 Å². The molecule has 1 aliphatic heterocycles. The molecule has 2 atom stereocenters. The Morgan fingerprint density at radius 2 is 1.68 bits per heavy atom. The van der Waals surface area contributed by atoms with Crippen molar-refractivity contribution >= 4 is 11.8 Å². The number of ether oxygens (including phenoxy) is 1. The summed E-state index contributed by atoms with van der Waals surface area (Å²) in [4.78, 5) is 28.6. The molecule has 5 nitrogen and oxygen atoms in total. The Morgan fingerprint density at radius 1 is 0.964 bits per heavy atom. The van der Waals surface area contributed by atoms with Gasteiger partial charge < -0.3 is 14.5 Å². The average Bonchev–Trinajstić information content (AvgIpc) is 3.53. The van der Waals surface area contributed by atoms with Crippen molar-refractivity contribution in [3.63, 3.8) is 0 Å². The Hall–Kier alpha value is -2.89. The van der Waals surface area contributed by atoms with Crippen LogP contribution >= 0.6 is 0 Å². The van der Waals surface area contributed by atoms with Gasteiger partial charge in [0.25, 0.3) is 5.91 Å². The number of hydrogen-bond donors (Lipinski definition) is 0. The summed E-state index contributed by atoms with van der Waals surface area (Å²) in [7, 11) is 0. The minimum Gasteiger partial charge on any atom is -0.484 e. The number of halogens is 1. The van der Waals surface area contributed by atoms with Gasteiger partial charge in [-0.2, -0.15) is 0 Å². The lowest BCUT2D eigenvalue weighted by Crippen LogP contribution is -2.52. The van der Waals surface area contributed by atoms with Crippen LogP contribution in [0.25, 0.3) is 0 Å². The van der Waals surface area contributed by atoms with Crippen molar-refractivity contribution in [3.05, 3.63) is 66.0 Å². The van der Waals surface area contributed by atoms with E-state index >= 15 is 0 Å². The smallest absolute Gasteiger partial charge is 0.260 e. The van der Waals surface area contributed by atoms with Crippen molar-refractivity contribution in [1.82, 2.24) is 9.80 Å². The van der Waals surface area contributed by atoms with Crippen molar-refractivity contribution in [1.29, 1.82) is 0 Å². The quantitative estimate of drug-likeness (QED) is 0.799. The van der Waals surface area contributed by atoms with Gasteiger partial charge >= 0.3 is 0 Å². The first-order valence-electron chi connectivity index (χ1n) is 9.61. The van der Waals surface area contributed by atoms with Gasteiger partial charge in [-0.25, -0.2) is 4.39 Å². The van der Waals surface area contributed by atoms with Gasteiger partial charge in [0, 0.05) is 38.2 Å². The Bertz CT molecular complexity index is 850. The van der Waals surface area contributed by atoms with Crippen molar-refractivity contribution in [2.75, 3.05) is 32.8 Å². The number of piperazine rings is 1. The molecule has 4 rings (SSSR count). The molecule has 1 saturated heterocycles. The van der Waals surface area contributed by atoms with E-state index in [9.17, 15) is 14.0 Å². The molecule has 1 aliphatic carbocycles. The second-order valence-corrected chi connectivity index (χ2v) is 7.31. The summed E-state index contributed by atoms with van der Waals surface area (Å²) in [5, 5.41) is 0. The molecule has 2 aromatic rings. The number of nitrogens with zero attached hydrogens (tertiary/aromatic N) is 2. The van der Waals surface area contributed by atoms with Crippen LogP contribution in [0.1, 0.15) is 17.9 Å². The summed E-state index contributed by atoms with van der Waals surface area (Å²) in [5.41, 5.74) is 1.23. The van der Waals surface area contributed by atoms with Crippen LogP contribution in [-0.4, -0.2) is 54.4 Å². The minimum atomic E-state index is -0.397. The lowest BCUT2D eigenvalue weighted by atomic mass is 10.1. The molecule has 2 amide bonds. The van der Waals surface area contributed by atoms with Gasteiger partial charge in [0.2, 0.25) is 5.91 Å². The number of benzene rings is 2. The molecule has 1 heterocycles. The zero-order valence-corrected chi connectivity index (χ0v) is 15.6. The molecule has 2 aromatic carbocycles. The summed E-state index contributed by atoms with van der Waals surface area (Å²) in [6.07, 6.45) is 0.906. The molecule has 2 fully saturated rings. The highest BCUT2D eigenvalue weighted by Crippen LogP contribution is 2.48. The maximum Gasteiger partial charge on any atom is 0.260 e. The monoisotopic (exact) mass is 382 g/mol. The first-order valence-corrected chi connectivity index (χ1v) is 9.61. The van der Waals surface area contributed by atoms with Gasteiger partial charge in [-0.3, -0.25) is 9.59 Å². The second-order valence-electron chi connectivity index (χ2n) is 7.31. The summed E-state index contributed by atoms with van der Waals surface area (Å²) in [5.74, 6) is 0.379. The van der Waals surface area contributed by atoms with Crippen LogP contribution in [0.4, 0.5) is 4.39 Å². The minimum absolute atomic E-state index is 0.0703. The van der Waals surface area contributed by atoms with E-state index in [1.807, 2.05) is 23.1 Å². The zero-order valence-electron chi connectivity index (χ0n) is 15.6. The van der Waals surface area contributed by atoms with E-state index in [0.717, 1.165) is 6.42 Å². The van der Waals surface area contributed by atoms with Crippen LogP contribution in [0.2, 0.25) is 0 Å². The standard InChI is InChI=1S/C22H23FN2O3/c23-17-7-4-8-18(13-17)28-15-21(26)24-9-11-25(12-10-24)22(27)20-14-19(20)16-5-2-1-3-6-16/h1-8,13,19-20H,9-12,14-15H2/t19-,20+/m0/s1. The predicted octanol–water partition coefficient (Wildman–Crippen LogP) is 2.68. The van der Waals surface area contributed by atoms with Crippen molar-refractivity contribution in [3.8, 4) is 5.75 Å². The SMILES string of the molecule is O=C(COc1cccc(F)c1)N1CCN(C(=O)[C@@H]2C[C@H]2c2ccccc2)CC1. The Kier molecular flexibility index (Phi) is 5.28. The van der Waals surface area contributed by atoms with Gasteiger partial charge in [0.05, 0.1) is 0 Å². The fraction of sp³-hybridized carbons (Fsp3) is 0.364. The molecule has 2 aliphatic rings. The van der Waals surface area contributed by atoms with Gasteiger partial charge in [-0.1, -0.05) is 36.4 Å². The fourth-order valence-electron chi connectivity index (χ4n) is 3.74. The predicted molar refractivity (Wildman–Crippen MR) is 102 cm³/mol. The number of hydrogen-bond acceptors (Lipinski definition) is 3. The number of carbonyl (C=O) groups is 2. The number of rotatable bonds is 5. The largest absolute Gasteiger partial charge is 0.484 e. The molecule has 6 heteroatoms. The fourth-order valence-corrected chi connectivity index (χ4v) is 3.74. The van der Waals surface area contributed by atoms with Crippen molar-refractivity contribution in [2.45, 2.75) is 12.3 Å². The molecule has 0 N–H and O–H groups in total. The number of amides is 2. The highest BCUT2D eigenvalue weighted by atomic mass is 19.1. The summed E-state index contributed by atoms with van der Waals surface area (Å²) >= 11 is 0. The van der Waals surface area contributed by atoms with Gasteiger partial charge in [0.15, 0.2) is 6.61 Å². The number of carbonyl (C=O) groups excluding carboxylic acids is 2. The Morgan fingerprint density at radius 3 is 2.39 bits per heavy atom. The summed E-state index contributed by atoms with van der Waals surface area (Å²) in [6, 6.07) is 15.9. The van der Waals surface area contributed by atoms with Crippen LogP contribution in [-0.2, 0) is 9.59 Å². The highest BCUT2D eigenvalue weighted by molar-refractivity contribution is 5.83. The molecule has 1 saturated carbocycles. The molecule has 0 spiro atoms. The molecule has 146 valence electrons. The van der Waals surface area contributed by atoms with E-state index in [1.54, 1.807) is 17.0 Å². The third-order valence-electron chi connectivity index (χ3n) is 5.44. The average molecular weight is 382 g/mol. The maximum atomic E-state index is 13.2. The topological polar surface area (TPSA) is 49.9 Å². The molecule has 0 bridgehead atoms. The highest BCUT2D eigenvalue weighted by Gasteiger charge is 2.46. The Labute approximate surface area is 163 Å². The molecule has 0 radical (unpaired) electrons. The lowest BCUT2D eigenvalue weighted by Gasteiger charge is -2.35. The zero-order chi connectivity index (χ0) is 19.5. The third kappa shape index (κ3) is 4.16. The van der Waals surface area contributed by atoms with E-state index in [4.69, 9.17) is 4.74 Å². The van der Waals surface area contributed by atoms with Gasteiger partial charge in [-0.15, -0.1) is 0 Å². The van der Waals surface area contributed by atoms with Gasteiger partial charge in [0.1, 0.15) is 11.6 Å². The molecular formula is C22H23FN2O3. The first kappa shape index (κ1) is 18.5. The van der Waals surface area contributed by atoms with Crippen LogP contribution in [0.5, 0.6) is 5.75 Å². The first-order chi connectivity index (χ1) is 13.6. The normalized spacial score (nSPS) is 21.3. The molecule has 0 aromatic heterocycles. The Balaban J connectivity index is 1.23. The third-order valence-corrected chi connectivity index (χ3v) is 5.44. The van der Waals surface area contributed by atoms with Crippen molar-refractivity contribution in [2.24, 2.45) is 5.92 Å². The lowest BCUT2D eigenvalue weighted by molar-refractivity contribution is -0.141. The molecular weight excluding hydrogens is 359 g/mol.